The average Bonchev–Trinajstić information content (AvgIpc) is 2.78. The highest BCUT2D eigenvalue weighted by atomic mass is 35.5. The first-order valence-corrected chi connectivity index (χ1v) is 6.88. The zero-order valence-electron chi connectivity index (χ0n) is 11.3. The number of amides is 1. The largest absolute Gasteiger partial charge is 0.345 e. The van der Waals surface area contributed by atoms with Crippen LogP contribution in [0.15, 0.2) is 30.5 Å². The molecule has 2 aromatic rings. The fourth-order valence-electron chi connectivity index (χ4n) is 1.79. The van der Waals surface area contributed by atoms with Gasteiger partial charge in [0, 0.05) is 24.5 Å². The summed E-state index contributed by atoms with van der Waals surface area (Å²) in [6.07, 6.45) is 1.66. The molecule has 6 heteroatoms. The van der Waals surface area contributed by atoms with E-state index in [9.17, 15) is 4.79 Å². The number of nitrogens with zero attached hydrogens (tertiary/aromatic N) is 1. The fourth-order valence-corrected chi connectivity index (χ4v) is 2.20. The lowest BCUT2D eigenvalue weighted by molar-refractivity contribution is 0.101. The summed E-state index contributed by atoms with van der Waals surface area (Å²) < 4.78 is 1.66. The Morgan fingerprint density at radius 1 is 1.38 bits per heavy atom. The Morgan fingerprint density at radius 3 is 2.76 bits per heavy atom. The SMILES string of the molecule is Cn1cc(Cl)cc1C(=O)Nc1ccc(Cl)c(C#CCN)c1. The smallest absolute Gasteiger partial charge is 0.272 e. The second-order valence-corrected chi connectivity index (χ2v) is 5.15. The molecule has 0 aliphatic carbocycles. The van der Waals surface area contributed by atoms with E-state index in [1.807, 2.05) is 0 Å². The highest BCUT2D eigenvalue weighted by Crippen LogP contribution is 2.21. The molecule has 0 spiro atoms. The molecule has 0 bridgehead atoms. The van der Waals surface area contributed by atoms with Crippen molar-refractivity contribution < 1.29 is 4.79 Å². The number of aryl methyl sites for hydroxylation is 1. The minimum atomic E-state index is -0.260. The second kappa shape index (κ2) is 6.68. The number of carbonyl (C=O) groups is 1. The minimum absolute atomic E-state index is 0.245. The standard InChI is InChI=1S/C15H13Cl2N3O/c1-20-9-11(16)8-14(20)15(21)19-12-4-5-13(17)10(7-12)3-2-6-18/h4-5,7-9H,6,18H2,1H3,(H,19,21). The third kappa shape index (κ3) is 3.79. The number of hydrogen-bond donors (Lipinski definition) is 2. The van der Waals surface area contributed by atoms with Crippen LogP contribution in [0.5, 0.6) is 0 Å². The van der Waals surface area contributed by atoms with Gasteiger partial charge < -0.3 is 15.6 Å². The van der Waals surface area contributed by atoms with E-state index in [2.05, 4.69) is 17.2 Å². The Bertz CT molecular complexity index is 741. The Hall–Kier alpha value is -1.93. The Kier molecular flexibility index (Phi) is 4.92. The quantitative estimate of drug-likeness (QED) is 0.835. The van der Waals surface area contributed by atoms with Crippen LogP contribution in [0.4, 0.5) is 5.69 Å². The van der Waals surface area contributed by atoms with E-state index in [1.165, 1.54) is 0 Å². The molecule has 0 aliphatic heterocycles. The molecule has 0 saturated carbocycles. The van der Waals surface area contributed by atoms with Crippen molar-refractivity contribution in [3.05, 3.63) is 51.8 Å². The number of carbonyl (C=O) groups excluding carboxylic acids is 1. The van der Waals surface area contributed by atoms with E-state index in [0.29, 0.717) is 27.0 Å². The van der Waals surface area contributed by atoms with Crippen molar-refractivity contribution in [2.24, 2.45) is 12.8 Å². The molecule has 1 amide bonds. The van der Waals surface area contributed by atoms with E-state index < -0.39 is 0 Å². The molecule has 1 heterocycles. The van der Waals surface area contributed by atoms with Crippen LogP contribution in [0.2, 0.25) is 10.0 Å². The van der Waals surface area contributed by atoms with Crippen molar-refractivity contribution in [1.29, 1.82) is 0 Å². The molecule has 108 valence electrons. The summed E-state index contributed by atoms with van der Waals surface area (Å²) >= 11 is 11.9. The van der Waals surface area contributed by atoms with Gasteiger partial charge in [-0.15, -0.1) is 0 Å². The first kappa shape index (κ1) is 15.5. The first-order valence-electron chi connectivity index (χ1n) is 6.13. The summed E-state index contributed by atoms with van der Waals surface area (Å²) in [4.78, 5) is 12.2. The van der Waals surface area contributed by atoms with Gasteiger partial charge in [0.05, 0.1) is 16.6 Å². The summed E-state index contributed by atoms with van der Waals surface area (Å²) in [6, 6.07) is 6.68. The zero-order chi connectivity index (χ0) is 15.4. The predicted molar refractivity (Wildman–Crippen MR) is 85.8 cm³/mol. The molecule has 1 aromatic heterocycles. The summed E-state index contributed by atoms with van der Waals surface area (Å²) in [6.45, 7) is 0.245. The number of nitrogens with one attached hydrogen (secondary N) is 1. The summed E-state index contributed by atoms with van der Waals surface area (Å²) in [7, 11) is 1.75. The van der Waals surface area contributed by atoms with Crippen molar-refractivity contribution in [2.45, 2.75) is 0 Å². The maximum Gasteiger partial charge on any atom is 0.272 e. The van der Waals surface area contributed by atoms with Crippen LogP contribution in [0, 0.1) is 11.8 Å². The number of benzene rings is 1. The molecule has 2 rings (SSSR count). The summed E-state index contributed by atoms with van der Waals surface area (Å²) in [5.74, 6) is 5.33. The van der Waals surface area contributed by atoms with Crippen LogP contribution < -0.4 is 11.1 Å². The van der Waals surface area contributed by atoms with Crippen molar-refractivity contribution in [3.8, 4) is 11.8 Å². The number of anilines is 1. The van der Waals surface area contributed by atoms with Gasteiger partial charge in [0.2, 0.25) is 0 Å². The lowest BCUT2D eigenvalue weighted by Gasteiger charge is -2.07. The molecule has 0 radical (unpaired) electrons. The Balaban J connectivity index is 2.23. The van der Waals surface area contributed by atoms with Gasteiger partial charge in [-0.05, 0) is 24.3 Å². The summed E-state index contributed by atoms with van der Waals surface area (Å²) in [5.41, 5.74) is 7.02. The minimum Gasteiger partial charge on any atom is -0.345 e. The van der Waals surface area contributed by atoms with Gasteiger partial charge in [0.1, 0.15) is 5.69 Å². The number of hydrogen-bond acceptors (Lipinski definition) is 2. The molecule has 0 saturated heterocycles. The maximum absolute atomic E-state index is 12.2. The number of halogens is 2. The van der Waals surface area contributed by atoms with Gasteiger partial charge in [-0.1, -0.05) is 35.0 Å². The Morgan fingerprint density at radius 2 is 2.14 bits per heavy atom. The fraction of sp³-hybridized carbons (Fsp3) is 0.133. The van der Waals surface area contributed by atoms with Crippen LogP contribution in [0.25, 0.3) is 0 Å². The van der Waals surface area contributed by atoms with Crippen molar-refractivity contribution in [2.75, 3.05) is 11.9 Å². The highest BCUT2D eigenvalue weighted by Gasteiger charge is 2.12. The van der Waals surface area contributed by atoms with Gasteiger partial charge in [0.15, 0.2) is 0 Å². The van der Waals surface area contributed by atoms with E-state index in [-0.39, 0.29) is 12.5 Å². The van der Waals surface area contributed by atoms with Crippen LogP contribution in [0.1, 0.15) is 16.1 Å². The third-order valence-corrected chi connectivity index (χ3v) is 3.29. The lowest BCUT2D eigenvalue weighted by Crippen LogP contribution is -2.15. The maximum atomic E-state index is 12.2. The highest BCUT2D eigenvalue weighted by molar-refractivity contribution is 6.32. The number of rotatable bonds is 2. The monoisotopic (exact) mass is 321 g/mol. The van der Waals surface area contributed by atoms with Crippen molar-refractivity contribution >= 4 is 34.8 Å². The van der Waals surface area contributed by atoms with Gasteiger partial charge >= 0.3 is 0 Å². The van der Waals surface area contributed by atoms with E-state index >= 15 is 0 Å². The predicted octanol–water partition coefficient (Wildman–Crippen LogP) is 2.89. The van der Waals surface area contributed by atoms with Gasteiger partial charge in [-0.2, -0.15) is 0 Å². The molecular formula is C15H13Cl2N3O. The van der Waals surface area contributed by atoms with Crippen molar-refractivity contribution in [1.82, 2.24) is 4.57 Å². The van der Waals surface area contributed by atoms with Crippen LogP contribution in [0.3, 0.4) is 0 Å². The molecule has 0 aliphatic rings. The molecule has 1 aromatic carbocycles. The molecule has 0 fully saturated rings. The molecule has 0 unspecified atom stereocenters. The normalized spacial score (nSPS) is 9.90. The third-order valence-electron chi connectivity index (χ3n) is 2.75. The molecule has 3 N–H and O–H groups in total. The second-order valence-electron chi connectivity index (χ2n) is 4.31. The Labute approximate surface area is 132 Å². The topological polar surface area (TPSA) is 60.0 Å². The summed E-state index contributed by atoms with van der Waals surface area (Å²) in [5, 5.41) is 3.80. The van der Waals surface area contributed by atoms with Crippen LogP contribution in [-0.2, 0) is 7.05 Å². The van der Waals surface area contributed by atoms with Crippen LogP contribution in [-0.4, -0.2) is 17.0 Å². The lowest BCUT2D eigenvalue weighted by atomic mass is 10.2. The average molecular weight is 322 g/mol. The van der Waals surface area contributed by atoms with E-state index in [0.717, 1.165) is 0 Å². The van der Waals surface area contributed by atoms with Crippen LogP contribution >= 0.6 is 23.2 Å². The number of aromatic nitrogens is 1. The zero-order valence-corrected chi connectivity index (χ0v) is 12.8. The molecular weight excluding hydrogens is 309 g/mol. The molecule has 4 nitrogen and oxygen atoms in total. The number of nitrogens with two attached hydrogens (primary N) is 1. The molecule has 21 heavy (non-hydrogen) atoms. The van der Waals surface area contributed by atoms with Crippen molar-refractivity contribution in [3.63, 3.8) is 0 Å². The van der Waals surface area contributed by atoms with Gasteiger partial charge in [-0.25, -0.2) is 0 Å². The van der Waals surface area contributed by atoms with E-state index in [4.69, 9.17) is 28.9 Å². The first-order chi connectivity index (χ1) is 10.0. The van der Waals surface area contributed by atoms with Gasteiger partial charge in [-0.3, -0.25) is 4.79 Å². The molecule has 0 atom stereocenters. The van der Waals surface area contributed by atoms with E-state index in [1.54, 1.807) is 42.1 Å². The van der Waals surface area contributed by atoms with Gasteiger partial charge in [0.25, 0.3) is 5.91 Å².